The zero-order valence-electron chi connectivity index (χ0n) is 7.11. The van der Waals surface area contributed by atoms with Crippen LogP contribution in [0.3, 0.4) is 0 Å². The minimum atomic E-state index is 0. The first-order valence-electron chi connectivity index (χ1n) is 3.33. The van der Waals surface area contributed by atoms with E-state index in [4.69, 9.17) is 0 Å². The van der Waals surface area contributed by atoms with E-state index >= 15 is 0 Å². The fourth-order valence-corrected chi connectivity index (χ4v) is 0.642. The zero-order valence-corrected chi connectivity index (χ0v) is 9.49. The largest absolute Gasteiger partial charge is 3.00 e. The van der Waals surface area contributed by atoms with Crippen molar-refractivity contribution in [1.29, 1.82) is 0 Å². The van der Waals surface area contributed by atoms with E-state index in [-0.39, 0.29) is 40.6 Å². The van der Waals surface area contributed by atoms with E-state index in [0.29, 0.717) is 0 Å². The van der Waals surface area contributed by atoms with Gasteiger partial charge in [0.1, 0.15) is 0 Å². The monoisotopic (exact) mass is 254 g/mol. The van der Waals surface area contributed by atoms with Crippen molar-refractivity contribution >= 4 is 0 Å². The Labute approximate surface area is 101 Å². The Hall–Kier alpha value is -0.288. The van der Waals surface area contributed by atoms with E-state index in [1.165, 1.54) is 0 Å². The summed E-state index contributed by atoms with van der Waals surface area (Å²) in [5, 5.41) is 0. The number of hydrogen-bond donors (Lipinski definition) is 0. The van der Waals surface area contributed by atoms with Crippen molar-refractivity contribution in [3.05, 3.63) is 66.8 Å². The average molecular weight is 254 g/mol. The molecule has 13 heavy (non-hydrogen) atoms. The van der Waals surface area contributed by atoms with Gasteiger partial charge in [0.05, 0.1) is 0 Å². The number of hydrogen-bond acceptors (Lipinski definition) is 0. The van der Waals surface area contributed by atoms with Gasteiger partial charge in [-0.2, -0.15) is 36.4 Å². The number of nitrogens with two attached hydrogens (primary N) is 1. The van der Waals surface area contributed by atoms with Crippen molar-refractivity contribution < 1.29 is 34.4 Å². The van der Waals surface area contributed by atoms with Crippen LogP contribution in [0.15, 0.2) is 60.7 Å². The molecule has 71 valence electrons. The molecule has 3 heteroatoms. The van der Waals surface area contributed by atoms with Crippen LogP contribution in [0, 0.1) is 0 Å². The molecular formula is C10H12CrFeN. The quantitative estimate of drug-likeness (QED) is 0.509. The summed E-state index contributed by atoms with van der Waals surface area (Å²) in [7, 11) is 0. The fourth-order valence-electron chi connectivity index (χ4n) is 0.642. The van der Waals surface area contributed by atoms with Crippen molar-refractivity contribution in [2.45, 2.75) is 0 Å². The van der Waals surface area contributed by atoms with Gasteiger partial charge in [0.25, 0.3) is 0 Å². The molecule has 0 aliphatic rings. The Kier molecular flexibility index (Phi) is 20.3. The van der Waals surface area contributed by atoms with Crippen LogP contribution in [0.5, 0.6) is 0 Å². The van der Waals surface area contributed by atoms with Gasteiger partial charge in [-0.3, -0.25) is 0 Å². The maximum atomic E-state index is 2.00. The SMILES string of the molecule is [Cr].[Fe+3].[NH2-].c1cc[cH-]c1.c1cc[cH-]c1. The second kappa shape index (κ2) is 14.2. The summed E-state index contributed by atoms with van der Waals surface area (Å²) in [4.78, 5) is 0. The van der Waals surface area contributed by atoms with Gasteiger partial charge in [-0.25, -0.2) is 24.3 Å². The van der Waals surface area contributed by atoms with Crippen LogP contribution >= 0.6 is 0 Å². The first-order valence-corrected chi connectivity index (χ1v) is 3.33. The summed E-state index contributed by atoms with van der Waals surface area (Å²) < 4.78 is 0. The molecule has 0 fully saturated rings. The summed E-state index contributed by atoms with van der Waals surface area (Å²) in [6.45, 7) is 0. The molecule has 0 amide bonds. The molecule has 0 heterocycles. The first-order chi connectivity index (χ1) is 5.00. The maximum absolute atomic E-state index is 2.00. The molecule has 0 bridgehead atoms. The van der Waals surface area contributed by atoms with Crippen LogP contribution < -0.4 is 0 Å². The predicted molar refractivity (Wildman–Crippen MR) is 49.4 cm³/mol. The minimum Gasteiger partial charge on any atom is -0.693 e. The molecule has 0 saturated carbocycles. The third-order valence-electron chi connectivity index (χ3n) is 1.11. The second-order valence-electron chi connectivity index (χ2n) is 1.92. The third-order valence-corrected chi connectivity index (χ3v) is 1.11. The molecule has 2 aromatic rings. The van der Waals surface area contributed by atoms with Gasteiger partial charge in [0.2, 0.25) is 0 Å². The van der Waals surface area contributed by atoms with Gasteiger partial charge in [-0.15, -0.1) is 0 Å². The van der Waals surface area contributed by atoms with E-state index in [1.807, 2.05) is 60.7 Å². The van der Waals surface area contributed by atoms with Crippen molar-refractivity contribution in [2.75, 3.05) is 0 Å². The summed E-state index contributed by atoms with van der Waals surface area (Å²) in [6.07, 6.45) is 0. The van der Waals surface area contributed by atoms with E-state index in [0.717, 1.165) is 0 Å². The van der Waals surface area contributed by atoms with E-state index < -0.39 is 0 Å². The van der Waals surface area contributed by atoms with Crippen molar-refractivity contribution in [1.82, 2.24) is 0 Å². The van der Waals surface area contributed by atoms with Crippen LogP contribution in [-0.2, 0) is 34.4 Å². The summed E-state index contributed by atoms with van der Waals surface area (Å²) in [5.74, 6) is 0. The van der Waals surface area contributed by atoms with Crippen LogP contribution in [0.2, 0.25) is 0 Å². The zero-order chi connectivity index (χ0) is 7.07. The van der Waals surface area contributed by atoms with E-state index in [2.05, 4.69) is 0 Å². The summed E-state index contributed by atoms with van der Waals surface area (Å²) in [6, 6.07) is 20.0. The minimum absolute atomic E-state index is 0. The average Bonchev–Trinajstić information content (AvgIpc) is 2.67. The van der Waals surface area contributed by atoms with Gasteiger partial charge < -0.3 is 6.15 Å². The smallest absolute Gasteiger partial charge is 0.693 e. The molecule has 0 aromatic heterocycles. The number of rotatable bonds is 0. The van der Waals surface area contributed by atoms with Gasteiger partial charge >= 0.3 is 17.1 Å². The first kappa shape index (κ1) is 18.5. The molecule has 0 aliphatic heterocycles. The second-order valence-corrected chi connectivity index (χ2v) is 1.92. The summed E-state index contributed by atoms with van der Waals surface area (Å²) in [5.41, 5.74) is 0. The molecule has 2 rings (SSSR count). The molecule has 1 radical (unpaired) electrons. The Morgan fingerprint density at radius 2 is 0.846 bits per heavy atom. The molecule has 0 saturated heterocycles. The third kappa shape index (κ3) is 11.7. The molecule has 0 spiro atoms. The standard InChI is InChI=1S/2C5H5.Cr.Fe.H2N/c2*1-2-4-5-3-1;;;/h2*1-5H;;;1H2/q2*-1;;+3;-1. The Bertz CT molecular complexity index is 154. The molecule has 2 N–H and O–H groups in total. The van der Waals surface area contributed by atoms with Gasteiger partial charge in [-0.1, -0.05) is 0 Å². The van der Waals surface area contributed by atoms with Crippen LogP contribution in [0.25, 0.3) is 6.15 Å². The van der Waals surface area contributed by atoms with E-state index in [9.17, 15) is 0 Å². The van der Waals surface area contributed by atoms with Crippen molar-refractivity contribution in [2.24, 2.45) is 0 Å². The van der Waals surface area contributed by atoms with Crippen LogP contribution in [-0.4, -0.2) is 0 Å². The van der Waals surface area contributed by atoms with Crippen molar-refractivity contribution in [3.8, 4) is 0 Å². The van der Waals surface area contributed by atoms with Gasteiger partial charge in [0, 0.05) is 17.4 Å². The fraction of sp³-hybridized carbons (Fsp3) is 0. The Morgan fingerprint density at radius 1 is 0.615 bits per heavy atom. The van der Waals surface area contributed by atoms with Crippen LogP contribution in [0.4, 0.5) is 0 Å². The molecular weight excluding hydrogens is 242 g/mol. The normalized spacial score (nSPS) is 6.15. The Balaban J connectivity index is -0.000000125. The molecule has 0 unspecified atom stereocenters. The molecule has 0 atom stereocenters. The molecule has 0 aliphatic carbocycles. The van der Waals surface area contributed by atoms with Gasteiger partial charge in [0.15, 0.2) is 0 Å². The topological polar surface area (TPSA) is 33.5 Å². The van der Waals surface area contributed by atoms with Crippen LogP contribution in [0.1, 0.15) is 0 Å². The summed E-state index contributed by atoms with van der Waals surface area (Å²) >= 11 is 0. The van der Waals surface area contributed by atoms with Crippen molar-refractivity contribution in [3.63, 3.8) is 0 Å². The maximum Gasteiger partial charge on any atom is 3.00 e. The Morgan fingerprint density at radius 3 is 0.923 bits per heavy atom. The predicted octanol–water partition coefficient (Wildman–Crippen LogP) is 3.52. The van der Waals surface area contributed by atoms with E-state index in [1.54, 1.807) is 0 Å². The molecule has 2 aromatic carbocycles. The molecule has 1 nitrogen and oxygen atoms in total. The van der Waals surface area contributed by atoms with Gasteiger partial charge in [-0.05, 0) is 0 Å².